The highest BCUT2D eigenvalue weighted by molar-refractivity contribution is 7.22. The second kappa shape index (κ2) is 4.67. The minimum absolute atomic E-state index is 0.0852. The highest BCUT2D eigenvalue weighted by Crippen LogP contribution is 2.28. The van der Waals surface area contributed by atoms with E-state index in [1.54, 1.807) is 25.1 Å². The van der Waals surface area contributed by atoms with Crippen LogP contribution in [0.2, 0.25) is 0 Å². The lowest BCUT2D eigenvalue weighted by molar-refractivity contribution is -0.119. The topological polar surface area (TPSA) is 45.2 Å². The van der Waals surface area contributed by atoms with Gasteiger partial charge in [-0.2, -0.15) is 0 Å². The third-order valence-electron chi connectivity index (χ3n) is 2.33. The second-order valence-electron chi connectivity index (χ2n) is 3.64. The maximum Gasteiger partial charge on any atom is 0.239 e. The Kier molecular flexibility index (Phi) is 3.23. The van der Waals surface area contributed by atoms with Crippen LogP contribution in [0.15, 0.2) is 18.2 Å². The van der Waals surface area contributed by atoms with Gasteiger partial charge in [-0.15, -0.1) is 0 Å². The van der Waals surface area contributed by atoms with Gasteiger partial charge in [0, 0.05) is 14.1 Å². The Morgan fingerprint density at radius 3 is 3.06 bits per heavy atom. The Bertz CT molecular complexity index is 555. The summed E-state index contributed by atoms with van der Waals surface area (Å²) in [6.45, 7) is 0.235. The molecule has 0 fully saturated rings. The number of nitrogens with one attached hydrogen (secondary N) is 1. The summed E-state index contributed by atoms with van der Waals surface area (Å²) in [4.78, 5) is 17.3. The lowest BCUT2D eigenvalue weighted by Gasteiger charge is -2.13. The highest BCUT2D eigenvalue weighted by Gasteiger charge is 2.11. The number of nitrogens with zero attached hydrogens (tertiary/aromatic N) is 2. The van der Waals surface area contributed by atoms with Crippen molar-refractivity contribution < 1.29 is 9.18 Å². The van der Waals surface area contributed by atoms with Crippen LogP contribution in [0.3, 0.4) is 0 Å². The molecule has 0 unspecified atom stereocenters. The number of amides is 1. The van der Waals surface area contributed by atoms with Crippen LogP contribution in [0, 0.1) is 5.82 Å². The zero-order chi connectivity index (χ0) is 12.4. The van der Waals surface area contributed by atoms with Crippen molar-refractivity contribution in [2.45, 2.75) is 0 Å². The fourth-order valence-electron chi connectivity index (χ4n) is 1.41. The molecule has 1 aromatic heterocycles. The van der Waals surface area contributed by atoms with E-state index in [2.05, 4.69) is 10.3 Å². The molecule has 90 valence electrons. The first-order valence-electron chi connectivity index (χ1n) is 5.08. The van der Waals surface area contributed by atoms with E-state index in [0.29, 0.717) is 5.13 Å². The normalized spacial score (nSPS) is 10.5. The van der Waals surface area contributed by atoms with Gasteiger partial charge >= 0.3 is 0 Å². The van der Waals surface area contributed by atoms with Crippen LogP contribution < -0.4 is 10.2 Å². The van der Waals surface area contributed by atoms with E-state index in [1.807, 2.05) is 0 Å². The molecule has 2 rings (SSSR count). The summed E-state index contributed by atoms with van der Waals surface area (Å²) >= 11 is 1.37. The number of rotatable bonds is 3. The van der Waals surface area contributed by atoms with Gasteiger partial charge in [0.1, 0.15) is 5.82 Å². The van der Waals surface area contributed by atoms with Crippen LogP contribution in [0.25, 0.3) is 10.2 Å². The predicted molar refractivity (Wildman–Crippen MR) is 66.9 cm³/mol. The Morgan fingerprint density at radius 1 is 1.59 bits per heavy atom. The first-order chi connectivity index (χ1) is 8.10. The molecular weight excluding hydrogens is 241 g/mol. The minimum Gasteiger partial charge on any atom is -0.358 e. The van der Waals surface area contributed by atoms with Gasteiger partial charge in [0.2, 0.25) is 5.91 Å². The zero-order valence-electron chi connectivity index (χ0n) is 9.53. The smallest absolute Gasteiger partial charge is 0.239 e. The van der Waals surface area contributed by atoms with Crippen molar-refractivity contribution in [3.8, 4) is 0 Å². The Morgan fingerprint density at radius 2 is 2.35 bits per heavy atom. The highest BCUT2D eigenvalue weighted by atomic mass is 32.1. The number of anilines is 1. The van der Waals surface area contributed by atoms with Crippen LogP contribution >= 0.6 is 11.3 Å². The van der Waals surface area contributed by atoms with Crippen molar-refractivity contribution in [2.24, 2.45) is 0 Å². The molecular formula is C11H12FN3OS. The molecule has 1 aromatic carbocycles. The number of likely N-dealkylation sites (N-methyl/N-ethyl adjacent to an activating group) is 2. The summed E-state index contributed by atoms with van der Waals surface area (Å²) in [6, 6.07) is 4.47. The van der Waals surface area contributed by atoms with Gasteiger partial charge in [0.25, 0.3) is 0 Å². The van der Waals surface area contributed by atoms with Crippen molar-refractivity contribution >= 4 is 32.6 Å². The molecule has 6 heteroatoms. The van der Waals surface area contributed by atoms with Crippen molar-refractivity contribution in [1.82, 2.24) is 10.3 Å². The molecule has 0 aliphatic heterocycles. The molecule has 0 aliphatic rings. The van der Waals surface area contributed by atoms with Gasteiger partial charge < -0.3 is 10.2 Å². The molecule has 0 saturated carbocycles. The number of hydrogen-bond donors (Lipinski definition) is 1. The van der Waals surface area contributed by atoms with Crippen LogP contribution in [-0.4, -0.2) is 31.5 Å². The predicted octanol–water partition coefficient (Wildman–Crippen LogP) is 1.62. The summed E-state index contributed by atoms with van der Waals surface area (Å²) < 4.78 is 13.8. The summed E-state index contributed by atoms with van der Waals surface area (Å²) in [5.74, 6) is -0.361. The van der Waals surface area contributed by atoms with E-state index in [1.165, 1.54) is 23.5 Å². The summed E-state index contributed by atoms with van der Waals surface area (Å²) in [6.07, 6.45) is 0. The Hall–Kier alpha value is -1.69. The van der Waals surface area contributed by atoms with Gasteiger partial charge in [0.05, 0.1) is 16.8 Å². The van der Waals surface area contributed by atoms with E-state index in [0.717, 1.165) is 10.2 Å². The molecule has 4 nitrogen and oxygen atoms in total. The van der Waals surface area contributed by atoms with E-state index in [9.17, 15) is 9.18 Å². The summed E-state index contributed by atoms with van der Waals surface area (Å²) in [5.41, 5.74) is 0.746. The molecule has 1 amide bonds. The standard InChI is InChI=1S/C11H12FN3OS/c1-13-10(16)6-15(2)11-14-8-4-3-7(12)5-9(8)17-11/h3-5H,6H2,1-2H3,(H,13,16). The average molecular weight is 253 g/mol. The first-order valence-corrected chi connectivity index (χ1v) is 5.89. The van der Waals surface area contributed by atoms with Gasteiger partial charge in [-0.05, 0) is 18.2 Å². The number of carbonyl (C=O) groups is 1. The molecule has 2 aromatic rings. The minimum atomic E-state index is -0.276. The van der Waals surface area contributed by atoms with E-state index in [4.69, 9.17) is 0 Å². The number of carbonyl (C=O) groups excluding carboxylic acids is 1. The third-order valence-corrected chi connectivity index (χ3v) is 3.46. The largest absolute Gasteiger partial charge is 0.358 e. The number of fused-ring (bicyclic) bond motifs is 1. The lowest BCUT2D eigenvalue weighted by atomic mass is 10.3. The number of benzene rings is 1. The van der Waals surface area contributed by atoms with Crippen LogP contribution in [0.1, 0.15) is 0 Å². The van der Waals surface area contributed by atoms with Crippen LogP contribution in [0.5, 0.6) is 0 Å². The summed E-state index contributed by atoms with van der Waals surface area (Å²) in [5, 5.41) is 3.25. The molecule has 17 heavy (non-hydrogen) atoms. The average Bonchev–Trinajstić information content (AvgIpc) is 2.71. The number of aromatic nitrogens is 1. The van der Waals surface area contributed by atoms with Crippen LogP contribution in [0.4, 0.5) is 9.52 Å². The fraction of sp³-hybridized carbons (Fsp3) is 0.273. The van der Waals surface area contributed by atoms with Crippen molar-refractivity contribution in [1.29, 1.82) is 0 Å². The maximum atomic E-state index is 13.0. The van der Waals surface area contributed by atoms with Crippen molar-refractivity contribution in [3.63, 3.8) is 0 Å². The SMILES string of the molecule is CNC(=O)CN(C)c1nc2ccc(F)cc2s1. The van der Waals surface area contributed by atoms with Gasteiger partial charge in [-0.25, -0.2) is 9.37 Å². The molecule has 0 radical (unpaired) electrons. The summed E-state index contributed by atoms with van der Waals surface area (Å²) in [7, 11) is 3.37. The molecule has 1 heterocycles. The molecule has 0 saturated heterocycles. The molecule has 1 N–H and O–H groups in total. The molecule has 0 bridgehead atoms. The van der Waals surface area contributed by atoms with E-state index < -0.39 is 0 Å². The number of hydrogen-bond acceptors (Lipinski definition) is 4. The molecule has 0 atom stereocenters. The lowest BCUT2D eigenvalue weighted by Crippen LogP contribution is -2.32. The third kappa shape index (κ3) is 2.52. The van der Waals surface area contributed by atoms with Crippen LogP contribution in [-0.2, 0) is 4.79 Å². The fourth-order valence-corrected chi connectivity index (χ4v) is 2.36. The molecule has 0 aliphatic carbocycles. The van der Waals surface area contributed by atoms with Crippen molar-refractivity contribution in [3.05, 3.63) is 24.0 Å². The number of halogens is 1. The van der Waals surface area contributed by atoms with Gasteiger partial charge in [-0.3, -0.25) is 4.79 Å². The van der Waals surface area contributed by atoms with Gasteiger partial charge in [0.15, 0.2) is 5.13 Å². The quantitative estimate of drug-likeness (QED) is 0.904. The monoisotopic (exact) mass is 253 g/mol. The Balaban J connectivity index is 2.27. The first kappa shape index (κ1) is 11.8. The Labute approximate surface area is 102 Å². The maximum absolute atomic E-state index is 13.0. The van der Waals surface area contributed by atoms with Crippen molar-refractivity contribution in [2.75, 3.05) is 25.5 Å². The van der Waals surface area contributed by atoms with E-state index in [-0.39, 0.29) is 18.3 Å². The number of thiazole rings is 1. The second-order valence-corrected chi connectivity index (χ2v) is 4.65. The zero-order valence-corrected chi connectivity index (χ0v) is 10.3. The van der Waals surface area contributed by atoms with Gasteiger partial charge in [-0.1, -0.05) is 11.3 Å². The van der Waals surface area contributed by atoms with E-state index >= 15 is 0 Å². The molecule has 0 spiro atoms.